The molecule has 2 nitrogen and oxygen atoms in total. The van der Waals surface area contributed by atoms with Gasteiger partial charge in [0.1, 0.15) is 0 Å². The Labute approximate surface area is 68.2 Å². The van der Waals surface area contributed by atoms with E-state index >= 15 is 0 Å². The molecule has 0 unspecified atom stereocenters. The normalized spacial score (nSPS) is 9.18. The molecule has 0 fully saturated rings. The summed E-state index contributed by atoms with van der Waals surface area (Å²) >= 11 is 0. The van der Waals surface area contributed by atoms with E-state index < -0.39 is 5.97 Å². The van der Waals surface area contributed by atoms with Crippen molar-refractivity contribution < 1.29 is 9.53 Å². The van der Waals surface area contributed by atoms with Gasteiger partial charge in [-0.15, -0.1) is 0 Å². The van der Waals surface area contributed by atoms with Crippen LogP contribution in [-0.2, 0) is 9.53 Å². The van der Waals surface area contributed by atoms with E-state index in [-0.39, 0.29) is 0 Å². The number of carbonyl (C=O) groups excluding carboxylic acids is 1. The van der Waals surface area contributed by atoms with Crippen LogP contribution in [0.5, 0.6) is 0 Å². The first kappa shape index (κ1) is 10.2. The Morgan fingerprint density at radius 2 is 2.18 bits per heavy atom. The van der Waals surface area contributed by atoms with Crippen LogP contribution in [0.2, 0.25) is 0 Å². The average molecular weight is 155 g/mol. The van der Waals surface area contributed by atoms with Gasteiger partial charge in [0.05, 0.1) is 6.61 Å². The molecule has 2 heteroatoms. The third kappa shape index (κ3) is 7.10. The standard InChI is InChI=1S/C9H15O2/c1-3-5-6-7-8-11-9(10)4-2/h2,4H,3,5-8H2,1H3. The van der Waals surface area contributed by atoms with Crippen LogP contribution in [0, 0.1) is 6.58 Å². The number of hydrogen-bond donors (Lipinski definition) is 0. The molecule has 0 aromatic heterocycles. The summed E-state index contributed by atoms with van der Waals surface area (Å²) in [5.41, 5.74) is 0. The van der Waals surface area contributed by atoms with Crippen LogP contribution in [0.1, 0.15) is 32.6 Å². The van der Waals surface area contributed by atoms with Crippen LogP contribution >= 0.6 is 0 Å². The number of carbonyl (C=O) groups is 1. The summed E-state index contributed by atoms with van der Waals surface area (Å²) in [6, 6.07) is 0. The second-order valence-corrected chi connectivity index (χ2v) is 2.39. The van der Waals surface area contributed by atoms with Crippen LogP contribution in [0.4, 0.5) is 0 Å². The summed E-state index contributed by atoms with van der Waals surface area (Å²) in [6.07, 6.45) is 5.39. The lowest BCUT2D eigenvalue weighted by Crippen LogP contribution is -2.01. The minimum absolute atomic E-state index is 0.429. The second kappa shape index (κ2) is 7.32. The molecule has 0 atom stereocenters. The van der Waals surface area contributed by atoms with Gasteiger partial charge in [0, 0.05) is 6.08 Å². The van der Waals surface area contributed by atoms with Gasteiger partial charge in [-0.3, -0.25) is 0 Å². The zero-order valence-corrected chi connectivity index (χ0v) is 7.01. The Morgan fingerprint density at radius 1 is 1.45 bits per heavy atom. The van der Waals surface area contributed by atoms with Crippen LogP contribution in [0.3, 0.4) is 0 Å². The van der Waals surface area contributed by atoms with Gasteiger partial charge in [0.2, 0.25) is 0 Å². The predicted octanol–water partition coefficient (Wildman–Crippen LogP) is 2.10. The zero-order valence-electron chi connectivity index (χ0n) is 7.01. The average Bonchev–Trinajstić information content (AvgIpc) is 2.04. The van der Waals surface area contributed by atoms with Gasteiger partial charge >= 0.3 is 5.97 Å². The highest BCUT2D eigenvalue weighted by atomic mass is 16.5. The third-order valence-electron chi connectivity index (χ3n) is 1.38. The van der Waals surface area contributed by atoms with E-state index in [0.717, 1.165) is 18.9 Å². The van der Waals surface area contributed by atoms with E-state index in [2.05, 4.69) is 6.92 Å². The Bertz CT molecular complexity index is 119. The summed E-state index contributed by atoms with van der Waals surface area (Å²) in [5.74, 6) is -0.429. The minimum Gasteiger partial charge on any atom is -0.463 e. The topological polar surface area (TPSA) is 26.3 Å². The molecule has 0 aliphatic carbocycles. The molecule has 0 amide bonds. The summed E-state index contributed by atoms with van der Waals surface area (Å²) in [4.78, 5) is 10.4. The van der Waals surface area contributed by atoms with Crippen molar-refractivity contribution in [3.05, 3.63) is 12.7 Å². The van der Waals surface area contributed by atoms with Gasteiger partial charge < -0.3 is 4.74 Å². The van der Waals surface area contributed by atoms with E-state index in [1.165, 1.54) is 12.8 Å². The highest BCUT2D eigenvalue weighted by molar-refractivity contribution is 5.80. The highest BCUT2D eigenvalue weighted by Gasteiger charge is 1.93. The SMILES string of the molecule is [CH]=CC(=O)OCCCCCC. The van der Waals surface area contributed by atoms with Crippen LogP contribution < -0.4 is 0 Å². The largest absolute Gasteiger partial charge is 0.463 e. The first-order valence-electron chi connectivity index (χ1n) is 4.03. The Hall–Kier alpha value is -0.790. The smallest absolute Gasteiger partial charge is 0.330 e. The maximum atomic E-state index is 10.4. The molecule has 0 aliphatic rings. The summed E-state index contributed by atoms with van der Waals surface area (Å²) in [7, 11) is 0. The van der Waals surface area contributed by atoms with E-state index in [1.54, 1.807) is 0 Å². The molecule has 0 aromatic carbocycles. The summed E-state index contributed by atoms with van der Waals surface area (Å²) in [6.45, 7) is 7.54. The third-order valence-corrected chi connectivity index (χ3v) is 1.38. The molecule has 0 bridgehead atoms. The first-order valence-corrected chi connectivity index (χ1v) is 4.03. The number of ether oxygens (including phenoxy) is 1. The van der Waals surface area contributed by atoms with Crippen molar-refractivity contribution in [3.8, 4) is 0 Å². The molecule has 0 heterocycles. The monoisotopic (exact) mass is 155 g/mol. The second-order valence-electron chi connectivity index (χ2n) is 2.39. The number of unbranched alkanes of at least 4 members (excludes halogenated alkanes) is 3. The van der Waals surface area contributed by atoms with Crippen molar-refractivity contribution >= 4 is 5.97 Å². The number of esters is 1. The first-order chi connectivity index (χ1) is 5.31. The number of rotatable bonds is 6. The number of hydrogen-bond acceptors (Lipinski definition) is 2. The Morgan fingerprint density at radius 3 is 2.73 bits per heavy atom. The van der Waals surface area contributed by atoms with Crippen molar-refractivity contribution in [2.24, 2.45) is 0 Å². The Balaban J connectivity index is 3.01. The highest BCUT2D eigenvalue weighted by Crippen LogP contribution is 1.98. The Kier molecular flexibility index (Phi) is 6.79. The van der Waals surface area contributed by atoms with E-state index in [9.17, 15) is 4.79 Å². The molecule has 1 radical (unpaired) electrons. The lowest BCUT2D eigenvalue weighted by molar-refractivity contribution is -0.137. The van der Waals surface area contributed by atoms with Crippen molar-refractivity contribution in [2.45, 2.75) is 32.6 Å². The minimum atomic E-state index is -0.429. The molecule has 0 spiro atoms. The quantitative estimate of drug-likeness (QED) is 0.333. The molecule has 0 aromatic rings. The molecular weight excluding hydrogens is 140 g/mol. The van der Waals surface area contributed by atoms with Gasteiger partial charge in [-0.25, -0.2) is 4.79 Å². The van der Waals surface area contributed by atoms with E-state index in [1.807, 2.05) is 0 Å². The van der Waals surface area contributed by atoms with Crippen molar-refractivity contribution in [2.75, 3.05) is 6.61 Å². The van der Waals surface area contributed by atoms with Gasteiger partial charge in [0.25, 0.3) is 0 Å². The van der Waals surface area contributed by atoms with Crippen LogP contribution in [-0.4, -0.2) is 12.6 Å². The van der Waals surface area contributed by atoms with E-state index in [4.69, 9.17) is 11.3 Å². The van der Waals surface area contributed by atoms with Gasteiger partial charge in [0.15, 0.2) is 0 Å². The molecule has 11 heavy (non-hydrogen) atoms. The molecule has 63 valence electrons. The molecule has 0 N–H and O–H groups in total. The summed E-state index contributed by atoms with van der Waals surface area (Å²) in [5, 5.41) is 0. The molecule has 0 saturated carbocycles. The van der Waals surface area contributed by atoms with Crippen molar-refractivity contribution in [1.29, 1.82) is 0 Å². The van der Waals surface area contributed by atoms with Crippen LogP contribution in [0.15, 0.2) is 6.08 Å². The lowest BCUT2D eigenvalue weighted by atomic mass is 10.2. The van der Waals surface area contributed by atoms with Gasteiger partial charge in [-0.2, -0.15) is 0 Å². The fourth-order valence-electron chi connectivity index (χ4n) is 0.750. The maximum Gasteiger partial charge on any atom is 0.330 e. The molecule has 0 saturated heterocycles. The maximum absolute atomic E-state index is 10.4. The summed E-state index contributed by atoms with van der Waals surface area (Å²) < 4.78 is 4.72. The molecule has 0 rings (SSSR count). The van der Waals surface area contributed by atoms with Gasteiger partial charge in [-0.1, -0.05) is 32.8 Å². The van der Waals surface area contributed by atoms with Crippen molar-refractivity contribution in [1.82, 2.24) is 0 Å². The lowest BCUT2D eigenvalue weighted by Gasteiger charge is -1.99. The van der Waals surface area contributed by atoms with Gasteiger partial charge in [-0.05, 0) is 6.42 Å². The molecular formula is C9H15O2. The fraction of sp³-hybridized carbons (Fsp3) is 0.667. The molecule has 0 aliphatic heterocycles. The van der Waals surface area contributed by atoms with Crippen LogP contribution in [0.25, 0.3) is 0 Å². The van der Waals surface area contributed by atoms with Crippen molar-refractivity contribution in [3.63, 3.8) is 0 Å². The van der Waals surface area contributed by atoms with E-state index in [0.29, 0.717) is 6.61 Å². The zero-order chi connectivity index (χ0) is 8.53. The predicted molar refractivity (Wildman–Crippen MR) is 44.0 cm³/mol. The fourth-order valence-corrected chi connectivity index (χ4v) is 0.750.